The van der Waals surface area contributed by atoms with Crippen LogP contribution >= 0.6 is 0 Å². The van der Waals surface area contributed by atoms with Crippen molar-refractivity contribution in [3.63, 3.8) is 0 Å². The Bertz CT molecular complexity index is 248. The predicted octanol–water partition coefficient (Wildman–Crippen LogP) is 1.48. The highest BCUT2D eigenvalue weighted by molar-refractivity contribution is 5.74. The van der Waals surface area contributed by atoms with Gasteiger partial charge in [-0.2, -0.15) is 0 Å². The Balaban J connectivity index is 2.12. The Hall–Kier alpha value is -0.810. The number of urea groups is 1. The molecule has 0 radical (unpaired) electrons. The fraction of sp³-hybridized carbons (Fsp3) is 0.923. The van der Waals surface area contributed by atoms with E-state index in [9.17, 15) is 4.79 Å². The third-order valence-electron chi connectivity index (χ3n) is 3.35. The summed E-state index contributed by atoms with van der Waals surface area (Å²) in [6, 6.07) is 0.368. The van der Waals surface area contributed by atoms with Gasteiger partial charge in [0.2, 0.25) is 0 Å². The number of piperidine rings is 1. The molecule has 0 aromatic rings. The lowest BCUT2D eigenvalue weighted by atomic mass is 9.94. The molecule has 106 valence electrons. The average molecular weight is 258 g/mol. The number of nitrogens with one attached hydrogen (secondary N) is 1. The van der Waals surface area contributed by atoms with Crippen molar-refractivity contribution >= 4 is 6.03 Å². The van der Waals surface area contributed by atoms with E-state index in [1.165, 1.54) is 0 Å². The molecule has 0 aromatic heterocycles. The molecule has 5 nitrogen and oxygen atoms in total. The summed E-state index contributed by atoms with van der Waals surface area (Å²) in [6.07, 6.45) is 2.19. The second kappa shape index (κ2) is 8.32. The summed E-state index contributed by atoms with van der Waals surface area (Å²) >= 11 is 0. The number of likely N-dealkylation sites (tertiary alicyclic amines) is 1. The Morgan fingerprint density at radius 3 is 2.78 bits per heavy atom. The van der Waals surface area contributed by atoms with Gasteiger partial charge < -0.3 is 19.7 Å². The van der Waals surface area contributed by atoms with Gasteiger partial charge in [-0.25, -0.2) is 4.79 Å². The first kappa shape index (κ1) is 15.2. The highest BCUT2D eigenvalue weighted by Gasteiger charge is 2.26. The second-order valence-electron chi connectivity index (χ2n) is 5.01. The van der Waals surface area contributed by atoms with Crippen LogP contribution in [0.2, 0.25) is 0 Å². The molecule has 0 unspecified atom stereocenters. The summed E-state index contributed by atoms with van der Waals surface area (Å²) in [5.74, 6) is 0.724. The van der Waals surface area contributed by atoms with Crippen molar-refractivity contribution in [1.29, 1.82) is 0 Å². The largest absolute Gasteiger partial charge is 0.382 e. The van der Waals surface area contributed by atoms with E-state index in [1.54, 1.807) is 7.11 Å². The van der Waals surface area contributed by atoms with E-state index in [2.05, 4.69) is 19.2 Å². The zero-order chi connectivity index (χ0) is 13.4. The number of hydrogen-bond acceptors (Lipinski definition) is 3. The van der Waals surface area contributed by atoms with Crippen LogP contribution in [-0.2, 0) is 9.47 Å². The molecule has 1 rings (SSSR count). The topological polar surface area (TPSA) is 50.8 Å². The molecule has 1 saturated heterocycles. The van der Waals surface area contributed by atoms with Crippen molar-refractivity contribution in [1.82, 2.24) is 10.2 Å². The van der Waals surface area contributed by atoms with Crippen LogP contribution in [0.5, 0.6) is 0 Å². The summed E-state index contributed by atoms with van der Waals surface area (Å²) in [4.78, 5) is 13.9. The van der Waals surface area contributed by atoms with Gasteiger partial charge in [0.1, 0.15) is 0 Å². The van der Waals surface area contributed by atoms with Crippen molar-refractivity contribution in [2.75, 3.05) is 40.0 Å². The number of rotatable bonds is 6. The third kappa shape index (κ3) is 5.23. The summed E-state index contributed by atoms with van der Waals surface area (Å²) < 4.78 is 10.2. The molecule has 1 aliphatic rings. The van der Waals surface area contributed by atoms with Crippen molar-refractivity contribution in [3.05, 3.63) is 0 Å². The lowest BCUT2D eigenvalue weighted by molar-refractivity contribution is 0.0711. The van der Waals surface area contributed by atoms with Crippen LogP contribution < -0.4 is 5.32 Å². The molecular formula is C13H26N2O3. The van der Waals surface area contributed by atoms with Crippen LogP contribution in [0.15, 0.2) is 0 Å². The van der Waals surface area contributed by atoms with E-state index in [1.807, 2.05) is 4.90 Å². The Morgan fingerprint density at radius 1 is 1.33 bits per heavy atom. The Labute approximate surface area is 110 Å². The van der Waals surface area contributed by atoms with Crippen LogP contribution in [0.1, 0.15) is 26.7 Å². The molecule has 0 bridgehead atoms. The van der Waals surface area contributed by atoms with Crippen molar-refractivity contribution in [2.45, 2.75) is 32.7 Å². The standard InChI is InChI=1S/C13H26N2O3/c1-11-4-6-15(12(2)10-11)13(16)14-5-7-18-9-8-17-3/h11-12H,4-10H2,1-3H3,(H,14,16)/t11-,12+/m0/s1. The molecule has 1 fully saturated rings. The van der Waals surface area contributed by atoms with E-state index >= 15 is 0 Å². The SMILES string of the molecule is COCCOCCNC(=O)N1CC[C@H](C)C[C@H]1C. The molecule has 1 aliphatic heterocycles. The van der Waals surface area contributed by atoms with Gasteiger partial charge in [0.15, 0.2) is 0 Å². The Kier molecular flexibility index (Phi) is 7.05. The first-order valence-corrected chi connectivity index (χ1v) is 6.76. The zero-order valence-corrected chi connectivity index (χ0v) is 11.8. The monoisotopic (exact) mass is 258 g/mol. The van der Waals surface area contributed by atoms with Crippen LogP contribution in [0.3, 0.4) is 0 Å². The van der Waals surface area contributed by atoms with Crippen LogP contribution in [-0.4, -0.2) is 57.0 Å². The highest BCUT2D eigenvalue weighted by Crippen LogP contribution is 2.21. The van der Waals surface area contributed by atoms with Gasteiger partial charge in [0.25, 0.3) is 0 Å². The minimum absolute atomic E-state index is 0.0322. The summed E-state index contributed by atoms with van der Waals surface area (Å²) in [5.41, 5.74) is 0. The lowest BCUT2D eigenvalue weighted by Gasteiger charge is -2.36. The number of carbonyl (C=O) groups is 1. The minimum atomic E-state index is 0.0322. The second-order valence-corrected chi connectivity index (χ2v) is 5.01. The first-order chi connectivity index (χ1) is 8.65. The third-order valence-corrected chi connectivity index (χ3v) is 3.35. The number of amides is 2. The molecule has 5 heteroatoms. The normalized spacial score (nSPS) is 24.1. The average Bonchev–Trinajstić information content (AvgIpc) is 2.33. The number of hydrogen-bond donors (Lipinski definition) is 1. The van der Waals surface area contributed by atoms with Crippen LogP contribution in [0.4, 0.5) is 4.79 Å². The van der Waals surface area contributed by atoms with Gasteiger partial charge in [-0.3, -0.25) is 0 Å². The molecule has 1 N–H and O–H groups in total. The maximum Gasteiger partial charge on any atom is 0.317 e. The summed E-state index contributed by atoms with van der Waals surface area (Å²) in [6.45, 7) is 7.48. The summed E-state index contributed by atoms with van der Waals surface area (Å²) in [7, 11) is 1.64. The van der Waals surface area contributed by atoms with Gasteiger partial charge in [0, 0.05) is 26.2 Å². The maximum absolute atomic E-state index is 11.9. The highest BCUT2D eigenvalue weighted by atomic mass is 16.5. The number of ether oxygens (including phenoxy) is 2. The minimum Gasteiger partial charge on any atom is -0.382 e. The lowest BCUT2D eigenvalue weighted by Crippen LogP contribution is -2.49. The fourth-order valence-corrected chi connectivity index (χ4v) is 2.28. The van der Waals surface area contributed by atoms with E-state index in [0.717, 1.165) is 25.3 Å². The van der Waals surface area contributed by atoms with Gasteiger partial charge in [-0.15, -0.1) is 0 Å². The molecule has 2 atom stereocenters. The molecule has 1 heterocycles. The summed E-state index contributed by atoms with van der Waals surface area (Å²) in [5, 5.41) is 2.90. The molecule has 2 amide bonds. The van der Waals surface area contributed by atoms with Gasteiger partial charge >= 0.3 is 6.03 Å². The van der Waals surface area contributed by atoms with Gasteiger partial charge in [0.05, 0.1) is 19.8 Å². The molecular weight excluding hydrogens is 232 g/mol. The number of nitrogens with zero attached hydrogens (tertiary/aromatic N) is 1. The van der Waals surface area contributed by atoms with E-state index < -0.39 is 0 Å². The predicted molar refractivity (Wildman–Crippen MR) is 70.7 cm³/mol. The molecule has 0 spiro atoms. The van der Waals surface area contributed by atoms with Crippen molar-refractivity contribution < 1.29 is 14.3 Å². The van der Waals surface area contributed by atoms with E-state index in [0.29, 0.717) is 32.4 Å². The number of carbonyl (C=O) groups excluding carboxylic acids is 1. The fourth-order valence-electron chi connectivity index (χ4n) is 2.28. The number of methoxy groups -OCH3 is 1. The van der Waals surface area contributed by atoms with Crippen LogP contribution in [0.25, 0.3) is 0 Å². The maximum atomic E-state index is 11.9. The molecule has 0 saturated carbocycles. The smallest absolute Gasteiger partial charge is 0.317 e. The van der Waals surface area contributed by atoms with Crippen molar-refractivity contribution in [2.24, 2.45) is 5.92 Å². The van der Waals surface area contributed by atoms with Crippen molar-refractivity contribution in [3.8, 4) is 0 Å². The molecule has 0 aromatic carbocycles. The van der Waals surface area contributed by atoms with Crippen LogP contribution in [0, 0.1) is 5.92 Å². The molecule has 0 aliphatic carbocycles. The van der Waals surface area contributed by atoms with Gasteiger partial charge in [-0.1, -0.05) is 6.92 Å². The van der Waals surface area contributed by atoms with E-state index in [4.69, 9.17) is 9.47 Å². The first-order valence-electron chi connectivity index (χ1n) is 6.76. The van der Waals surface area contributed by atoms with E-state index in [-0.39, 0.29) is 6.03 Å². The van der Waals surface area contributed by atoms with Gasteiger partial charge in [-0.05, 0) is 25.7 Å². The molecule has 18 heavy (non-hydrogen) atoms. The zero-order valence-electron chi connectivity index (χ0n) is 11.8. The quantitative estimate of drug-likeness (QED) is 0.734. The Morgan fingerprint density at radius 2 is 2.11 bits per heavy atom.